The van der Waals surface area contributed by atoms with Crippen LogP contribution in [-0.2, 0) is 9.47 Å². The Bertz CT molecular complexity index is 558. The number of likely N-dealkylation sites (tertiary alicyclic amines) is 1. The summed E-state index contributed by atoms with van der Waals surface area (Å²) >= 11 is 0. The number of urea groups is 1. The van der Waals surface area contributed by atoms with E-state index in [0.29, 0.717) is 43.6 Å². The molecule has 0 saturated carbocycles. The lowest BCUT2D eigenvalue weighted by Gasteiger charge is -2.38. The van der Waals surface area contributed by atoms with Crippen LogP contribution in [0.4, 0.5) is 10.5 Å². The first kappa shape index (κ1) is 15.1. The Balaban J connectivity index is 1.66. The Hall–Kier alpha value is -1.86. The first-order valence-electron chi connectivity index (χ1n) is 7.47. The number of anilines is 1. The first-order valence-corrected chi connectivity index (χ1v) is 7.47. The Kier molecular flexibility index (Phi) is 4.17. The number of ether oxygens (including phenoxy) is 3. The zero-order chi connectivity index (χ0) is 15.6. The highest BCUT2D eigenvalue weighted by molar-refractivity contribution is 5.90. The van der Waals surface area contributed by atoms with Gasteiger partial charge in [-0.3, -0.25) is 0 Å². The van der Waals surface area contributed by atoms with Gasteiger partial charge >= 0.3 is 6.03 Å². The van der Waals surface area contributed by atoms with Crippen LogP contribution in [0.3, 0.4) is 0 Å². The van der Waals surface area contributed by atoms with Crippen LogP contribution in [0.5, 0.6) is 5.88 Å². The van der Waals surface area contributed by atoms with Crippen LogP contribution < -0.4 is 10.1 Å². The number of aromatic nitrogens is 1. The van der Waals surface area contributed by atoms with Crippen molar-refractivity contribution in [2.24, 2.45) is 0 Å². The minimum absolute atomic E-state index is 0.159. The molecule has 0 aliphatic carbocycles. The molecule has 2 amide bonds. The number of nitrogens with one attached hydrogen (secondary N) is 1. The first-order chi connectivity index (χ1) is 10.6. The Morgan fingerprint density at radius 3 is 2.86 bits per heavy atom. The van der Waals surface area contributed by atoms with E-state index in [9.17, 15) is 4.79 Å². The molecule has 1 aromatic heterocycles. The van der Waals surface area contributed by atoms with E-state index in [1.54, 1.807) is 24.1 Å². The van der Waals surface area contributed by atoms with Crippen LogP contribution >= 0.6 is 0 Å². The van der Waals surface area contributed by atoms with Crippen molar-refractivity contribution >= 4 is 11.7 Å². The van der Waals surface area contributed by atoms with Crippen molar-refractivity contribution in [2.75, 3.05) is 38.7 Å². The molecule has 0 bridgehead atoms. The summed E-state index contributed by atoms with van der Waals surface area (Å²) in [6.07, 6.45) is 1.70. The summed E-state index contributed by atoms with van der Waals surface area (Å²) < 4.78 is 16.5. The lowest BCUT2D eigenvalue weighted by Crippen LogP contribution is -2.52. The van der Waals surface area contributed by atoms with Crippen LogP contribution in [0.2, 0.25) is 0 Å². The van der Waals surface area contributed by atoms with Crippen LogP contribution in [0.25, 0.3) is 0 Å². The summed E-state index contributed by atoms with van der Waals surface area (Å²) in [6, 6.07) is 3.36. The smallest absolute Gasteiger partial charge is 0.322 e. The number of hydrogen-bond acceptors (Lipinski definition) is 5. The number of hydrogen-bond donors (Lipinski definition) is 1. The SMILES string of the molecule is COc1ccc(NC(=O)N2CCCC3(C2)OCCO3)c(C)n1. The maximum atomic E-state index is 12.5. The van der Waals surface area contributed by atoms with Gasteiger partial charge in [-0.25, -0.2) is 9.78 Å². The van der Waals surface area contributed by atoms with E-state index in [-0.39, 0.29) is 6.03 Å². The zero-order valence-corrected chi connectivity index (χ0v) is 12.9. The maximum Gasteiger partial charge on any atom is 0.322 e. The molecule has 1 spiro atoms. The van der Waals surface area contributed by atoms with Gasteiger partial charge in [-0.05, 0) is 19.4 Å². The lowest BCUT2D eigenvalue weighted by atomic mass is 10.1. The second-order valence-electron chi connectivity index (χ2n) is 5.55. The molecule has 7 heteroatoms. The molecule has 0 unspecified atom stereocenters. The number of rotatable bonds is 2. The summed E-state index contributed by atoms with van der Waals surface area (Å²) in [5, 5.41) is 2.90. The minimum Gasteiger partial charge on any atom is -0.481 e. The summed E-state index contributed by atoms with van der Waals surface area (Å²) in [4.78, 5) is 18.4. The molecule has 120 valence electrons. The highest BCUT2D eigenvalue weighted by atomic mass is 16.7. The van der Waals surface area contributed by atoms with E-state index in [4.69, 9.17) is 14.2 Å². The van der Waals surface area contributed by atoms with Gasteiger partial charge in [0.05, 0.1) is 38.2 Å². The molecule has 0 radical (unpaired) electrons. The summed E-state index contributed by atoms with van der Waals surface area (Å²) in [5.41, 5.74) is 1.39. The highest BCUT2D eigenvalue weighted by Gasteiger charge is 2.42. The molecule has 2 aliphatic heterocycles. The van der Waals surface area contributed by atoms with Crippen molar-refractivity contribution in [3.8, 4) is 5.88 Å². The zero-order valence-electron chi connectivity index (χ0n) is 12.9. The number of amides is 2. The molecule has 22 heavy (non-hydrogen) atoms. The van der Waals surface area contributed by atoms with E-state index < -0.39 is 5.79 Å². The highest BCUT2D eigenvalue weighted by Crippen LogP contribution is 2.30. The molecule has 7 nitrogen and oxygen atoms in total. The molecular formula is C15H21N3O4. The average molecular weight is 307 g/mol. The molecule has 3 rings (SSSR count). The van der Waals surface area contributed by atoms with Crippen molar-refractivity contribution in [3.63, 3.8) is 0 Å². The second-order valence-corrected chi connectivity index (χ2v) is 5.55. The van der Waals surface area contributed by atoms with E-state index >= 15 is 0 Å². The predicted molar refractivity (Wildman–Crippen MR) is 80.0 cm³/mol. The topological polar surface area (TPSA) is 72.9 Å². The largest absolute Gasteiger partial charge is 0.481 e. The molecule has 1 N–H and O–H groups in total. The fourth-order valence-corrected chi connectivity index (χ4v) is 2.87. The van der Waals surface area contributed by atoms with Gasteiger partial charge in [-0.2, -0.15) is 0 Å². The summed E-state index contributed by atoms with van der Waals surface area (Å²) in [6.45, 7) is 4.18. The lowest BCUT2D eigenvalue weighted by molar-refractivity contribution is -0.182. The van der Waals surface area contributed by atoms with Gasteiger partial charge in [0.25, 0.3) is 0 Å². The molecular weight excluding hydrogens is 286 g/mol. The standard InChI is InChI=1S/C15H21N3O4/c1-11-12(4-5-13(16-11)20-2)17-14(19)18-7-3-6-15(10-18)21-8-9-22-15/h4-5H,3,6-10H2,1-2H3,(H,17,19). The van der Waals surface area contributed by atoms with E-state index in [0.717, 1.165) is 12.8 Å². The minimum atomic E-state index is -0.608. The van der Waals surface area contributed by atoms with Crippen LogP contribution in [0, 0.1) is 6.92 Å². The monoisotopic (exact) mass is 307 g/mol. The number of piperidine rings is 1. The number of pyridine rings is 1. The molecule has 1 aromatic rings. The van der Waals surface area contributed by atoms with Crippen molar-refractivity contribution in [1.82, 2.24) is 9.88 Å². The molecule has 3 heterocycles. The van der Waals surface area contributed by atoms with Crippen molar-refractivity contribution in [1.29, 1.82) is 0 Å². The van der Waals surface area contributed by atoms with Gasteiger partial charge in [-0.15, -0.1) is 0 Å². The van der Waals surface area contributed by atoms with Gasteiger partial charge in [-0.1, -0.05) is 0 Å². The van der Waals surface area contributed by atoms with E-state index in [1.165, 1.54) is 0 Å². The average Bonchev–Trinajstić information content (AvgIpc) is 2.97. The van der Waals surface area contributed by atoms with Gasteiger partial charge in [0.1, 0.15) is 0 Å². The van der Waals surface area contributed by atoms with Gasteiger partial charge < -0.3 is 24.4 Å². The molecule has 0 atom stereocenters. The van der Waals surface area contributed by atoms with Gasteiger partial charge in [0, 0.05) is 19.0 Å². The molecule has 2 aliphatic rings. The third-order valence-corrected chi connectivity index (χ3v) is 4.03. The molecule has 2 fully saturated rings. The predicted octanol–water partition coefficient (Wildman–Crippen LogP) is 1.77. The Morgan fingerprint density at radius 1 is 1.41 bits per heavy atom. The van der Waals surface area contributed by atoms with Crippen molar-refractivity contribution in [3.05, 3.63) is 17.8 Å². The maximum absolute atomic E-state index is 12.5. The van der Waals surface area contributed by atoms with E-state index in [1.807, 2.05) is 6.92 Å². The quantitative estimate of drug-likeness (QED) is 0.901. The summed E-state index contributed by atoms with van der Waals surface area (Å²) in [7, 11) is 1.56. The number of aryl methyl sites for hydroxylation is 1. The second kappa shape index (κ2) is 6.10. The normalized spacial score (nSPS) is 20.2. The number of methoxy groups -OCH3 is 1. The molecule has 0 aromatic carbocycles. The third kappa shape index (κ3) is 3.00. The third-order valence-electron chi connectivity index (χ3n) is 4.03. The fourth-order valence-electron chi connectivity index (χ4n) is 2.87. The van der Waals surface area contributed by atoms with Crippen molar-refractivity contribution < 1.29 is 19.0 Å². The summed E-state index contributed by atoms with van der Waals surface area (Å²) in [5.74, 6) is -0.0804. The Morgan fingerprint density at radius 2 is 2.18 bits per heavy atom. The number of carbonyl (C=O) groups excluding carboxylic acids is 1. The van der Waals surface area contributed by atoms with Crippen molar-refractivity contribution in [2.45, 2.75) is 25.6 Å². The fraction of sp³-hybridized carbons (Fsp3) is 0.600. The Labute approximate surface area is 129 Å². The van der Waals surface area contributed by atoms with Crippen LogP contribution in [0.15, 0.2) is 12.1 Å². The number of carbonyl (C=O) groups is 1. The number of nitrogens with zero attached hydrogens (tertiary/aromatic N) is 2. The van der Waals surface area contributed by atoms with Crippen LogP contribution in [0.1, 0.15) is 18.5 Å². The van der Waals surface area contributed by atoms with E-state index in [2.05, 4.69) is 10.3 Å². The van der Waals surface area contributed by atoms with Gasteiger partial charge in [0.2, 0.25) is 5.88 Å². The van der Waals surface area contributed by atoms with Crippen LogP contribution in [-0.4, -0.2) is 55.1 Å². The molecule has 2 saturated heterocycles. The van der Waals surface area contributed by atoms with Gasteiger partial charge in [0.15, 0.2) is 5.79 Å².